The molecule has 0 aliphatic carbocycles. The molecule has 0 fully saturated rings. The van der Waals surface area contributed by atoms with E-state index in [-0.39, 0.29) is 0 Å². The number of hydrogen-bond donors (Lipinski definition) is 2. The summed E-state index contributed by atoms with van der Waals surface area (Å²) in [6.45, 7) is 0. The summed E-state index contributed by atoms with van der Waals surface area (Å²) < 4.78 is 4.65. The number of ether oxygens (including phenoxy) is 1. The molecule has 2 aromatic heterocycles. The minimum absolute atomic E-state index is 0.391. The number of nitrogens with zero attached hydrogens (tertiary/aromatic N) is 1. The third-order valence-corrected chi connectivity index (χ3v) is 2.84. The number of aromatic amines is 1. The monoisotopic (exact) mass is 253 g/mol. The molecule has 90 valence electrons. The van der Waals surface area contributed by atoms with E-state index in [2.05, 4.69) is 19.5 Å². The predicted octanol–water partition coefficient (Wildman–Crippen LogP) is 1.39. The Labute approximate surface area is 103 Å². The molecule has 6 heteroatoms. The second kappa shape index (κ2) is 5.16. The summed E-state index contributed by atoms with van der Waals surface area (Å²) in [5.41, 5.74) is 1.76. The zero-order chi connectivity index (χ0) is 12.3. The van der Waals surface area contributed by atoms with E-state index in [1.54, 1.807) is 6.20 Å². The molecule has 1 atom stereocenters. The lowest BCUT2D eigenvalue weighted by Gasteiger charge is -2.11. The van der Waals surface area contributed by atoms with Gasteiger partial charge in [0, 0.05) is 24.2 Å². The zero-order valence-electron chi connectivity index (χ0n) is 9.24. The number of carbonyl (C=O) groups is 1. The van der Waals surface area contributed by atoms with Gasteiger partial charge < -0.3 is 9.72 Å². The Morgan fingerprint density at radius 3 is 3.24 bits per heavy atom. The number of methoxy groups -OCH3 is 1. The number of pyridine rings is 1. The molecule has 2 heterocycles. The highest BCUT2D eigenvalue weighted by molar-refractivity contribution is 6.14. The van der Waals surface area contributed by atoms with Gasteiger partial charge in [-0.1, -0.05) is 0 Å². The Morgan fingerprint density at radius 2 is 2.53 bits per heavy atom. The molecule has 2 rings (SSSR count). The first kappa shape index (κ1) is 11.9. The Bertz CT molecular complexity index is 526. The first-order chi connectivity index (χ1) is 8.26. The van der Waals surface area contributed by atoms with Crippen LogP contribution in [0.4, 0.5) is 0 Å². The minimum atomic E-state index is -0.569. The summed E-state index contributed by atoms with van der Waals surface area (Å²) in [5, 5.41) is 0.980. The average molecular weight is 254 g/mol. The normalized spacial score (nSPS) is 12.6. The van der Waals surface area contributed by atoms with Gasteiger partial charge in [0.15, 0.2) is 0 Å². The maximum absolute atomic E-state index is 11.4. The van der Waals surface area contributed by atoms with Crippen molar-refractivity contribution in [1.82, 2.24) is 14.8 Å². The molecule has 0 radical (unpaired) electrons. The lowest BCUT2D eigenvalue weighted by atomic mass is 10.1. The molecule has 5 nitrogen and oxygen atoms in total. The quantitative estimate of drug-likeness (QED) is 0.638. The summed E-state index contributed by atoms with van der Waals surface area (Å²) >= 11 is 5.53. The summed E-state index contributed by atoms with van der Waals surface area (Å²) in [7, 11) is 1.33. The molecule has 0 aromatic carbocycles. The van der Waals surface area contributed by atoms with Crippen LogP contribution >= 0.6 is 11.8 Å². The summed E-state index contributed by atoms with van der Waals surface area (Å²) in [6, 6.07) is 3.22. The SMILES string of the molecule is COC(=O)[C@H](Cc1c[nH]c2ncccc12)NCl. The summed E-state index contributed by atoms with van der Waals surface area (Å²) in [6.07, 6.45) is 3.98. The van der Waals surface area contributed by atoms with Gasteiger partial charge in [-0.3, -0.25) is 4.79 Å². The van der Waals surface area contributed by atoms with E-state index in [4.69, 9.17) is 11.8 Å². The number of hydrogen-bond acceptors (Lipinski definition) is 4. The number of nitrogens with one attached hydrogen (secondary N) is 2. The van der Waals surface area contributed by atoms with Gasteiger partial charge >= 0.3 is 5.97 Å². The van der Waals surface area contributed by atoms with Gasteiger partial charge in [0.25, 0.3) is 0 Å². The topological polar surface area (TPSA) is 67.0 Å². The van der Waals surface area contributed by atoms with Crippen molar-refractivity contribution in [3.05, 3.63) is 30.1 Å². The van der Waals surface area contributed by atoms with Gasteiger partial charge in [-0.2, -0.15) is 0 Å². The fraction of sp³-hybridized carbons (Fsp3) is 0.273. The molecule has 2 aromatic rings. The van der Waals surface area contributed by atoms with E-state index in [1.807, 2.05) is 18.3 Å². The van der Waals surface area contributed by atoms with Crippen molar-refractivity contribution in [2.45, 2.75) is 12.5 Å². The number of H-pyrrole nitrogens is 1. The largest absolute Gasteiger partial charge is 0.468 e. The first-order valence-corrected chi connectivity index (χ1v) is 5.49. The van der Waals surface area contributed by atoms with E-state index in [0.29, 0.717) is 6.42 Å². The summed E-state index contributed by atoms with van der Waals surface area (Å²) in [5.74, 6) is -0.391. The van der Waals surface area contributed by atoms with Crippen molar-refractivity contribution in [3.8, 4) is 0 Å². The first-order valence-electron chi connectivity index (χ1n) is 5.11. The molecule has 0 unspecified atom stereocenters. The van der Waals surface area contributed by atoms with E-state index in [1.165, 1.54) is 7.11 Å². The number of carbonyl (C=O) groups excluding carboxylic acids is 1. The van der Waals surface area contributed by atoms with Crippen LogP contribution in [0.15, 0.2) is 24.5 Å². The van der Waals surface area contributed by atoms with Crippen molar-refractivity contribution in [2.75, 3.05) is 7.11 Å². The lowest BCUT2D eigenvalue weighted by molar-refractivity contribution is -0.142. The number of rotatable bonds is 4. The third-order valence-electron chi connectivity index (χ3n) is 2.58. The zero-order valence-corrected chi connectivity index (χ0v) is 9.99. The molecule has 17 heavy (non-hydrogen) atoms. The molecule has 0 bridgehead atoms. The van der Waals surface area contributed by atoms with Gasteiger partial charge in [-0.15, -0.1) is 0 Å². The Balaban J connectivity index is 2.25. The second-order valence-electron chi connectivity index (χ2n) is 3.60. The van der Waals surface area contributed by atoms with Crippen LogP contribution in [-0.4, -0.2) is 29.1 Å². The predicted molar refractivity (Wildman–Crippen MR) is 64.6 cm³/mol. The Hall–Kier alpha value is -1.59. The smallest absolute Gasteiger partial charge is 0.324 e. The summed E-state index contributed by atoms with van der Waals surface area (Å²) in [4.78, 5) is 21.0. The lowest BCUT2D eigenvalue weighted by Crippen LogP contribution is -2.33. The fourth-order valence-corrected chi connectivity index (χ4v) is 1.88. The Kier molecular flexibility index (Phi) is 3.61. The van der Waals surface area contributed by atoms with E-state index >= 15 is 0 Å². The Morgan fingerprint density at radius 1 is 1.71 bits per heavy atom. The van der Waals surface area contributed by atoms with Gasteiger partial charge in [-0.25, -0.2) is 9.82 Å². The minimum Gasteiger partial charge on any atom is -0.468 e. The van der Waals surface area contributed by atoms with E-state index < -0.39 is 12.0 Å². The van der Waals surface area contributed by atoms with Gasteiger partial charge in [0.2, 0.25) is 0 Å². The highest BCUT2D eigenvalue weighted by atomic mass is 35.5. The fourth-order valence-electron chi connectivity index (χ4n) is 1.71. The molecule has 0 amide bonds. The number of aromatic nitrogens is 2. The van der Waals surface area contributed by atoms with Crippen molar-refractivity contribution >= 4 is 28.8 Å². The van der Waals surface area contributed by atoms with Crippen LogP contribution in [0.3, 0.4) is 0 Å². The number of fused-ring (bicyclic) bond motifs is 1. The van der Waals surface area contributed by atoms with Crippen LogP contribution < -0.4 is 4.84 Å². The number of halogens is 1. The molecular weight excluding hydrogens is 242 g/mol. The van der Waals surface area contributed by atoms with Crippen LogP contribution in [-0.2, 0) is 16.0 Å². The molecular formula is C11H12ClN3O2. The molecule has 0 aliphatic rings. The van der Waals surface area contributed by atoms with Crippen LogP contribution in [0.5, 0.6) is 0 Å². The molecule has 0 aliphatic heterocycles. The van der Waals surface area contributed by atoms with Crippen molar-refractivity contribution < 1.29 is 9.53 Å². The van der Waals surface area contributed by atoms with Crippen molar-refractivity contribution in [3.63, 3.8) is 0 Å². The average Bonchev–Trinajstić information content (AvgIpc) is 2.78. The van der Waals surface area contributed by atoms with E-state index in [0.717, 1.165) is 16.6 Å². The second-order valence-corrected chi connectivity index (χ2v) is 3.82. The number of esters is 1. The molecule has 2 N–H and O–H groups in total. The maximum Gasteiger partial charge on any atom is 0.324 e. The highest BCUT2D eigenvalue weighted by Gasteiger charge is 2.20. The van der Waals surface area contributed by atoms with Crippen LogP contribution in [0.25, 0.3) is 11.0 Å². The van der Waals surface area contributed by atoms with Gasteiger partial charge in [0.1, 0.15) is 11.7 Å². The van der Waals surface area contributed by atoms with Crippen LogP contribution in [0, 0.1) is 0 Å². The molecule has 0 saturated carbocycles. The molecule has 0 spiro atoms. The standard InChI is InChI=1S/C11H12ClN3O2/c1-17-11(16)9(15-12)5-7-6-14-10-8(7)3-2-4-13-10/h2-4,6,9,15H,5H2,1H3,(H,13,14)/t9-/m0/s1. The molecule has 0 saturated heterocycles. The van der Waals surface area contributed by atoms with Crippen LogP contribution in [0.2, 0.25) is 0 Å². The van der Waals surface area contributed by atoms with Gasteiger partial charge in [0.05, 0.1) is 7.11 Å². The maximum atomic E-state index is 11.4. The van der Waals surface area contributed by atoms with Crippen molar-refractivity contribution in [2.24, 2.45) is 0 Å². The van der Waals surface area contributed by atoms with Gasteiger partial charge in [-0.05, 0) is 29.5 Å². The highest BCUT2D eigenvalue weighted by Crippen LogP contribution is 2.17. The van der Waals surface area contributed by atoms with E-state index in [9.17, 15) is 4.79 Å². The van der Waals surface area contributed by atoms with Crippen molar-refractivity contribution in [1.29, 1.82) is 0 Å². The third kappa shape index (κ3) is 2.40. The van der Waals surface area contributed by atoms with Crippen LogP contribution in [0.1, 0.15) is 5.56 Å².